The molecule has 0 atom stereocenters. The topological polar surface area (TPSA) is 33.3 Å². The summed E-state index contributed by atoms with van der Waals surface area (Å²) in [6, 6.07) is 7.89. The second-order valence-corrected chi connectivity index (χ2v) is 6.07. The number of thiocarbonyl (C=S) groups is 1. The predicted octanol–water partition coefficient (Wildman–Crippen LogP) is 4.09. The van der Waals surface area contributed by atoms with Crippen LogP contribution in [-0.4, -0.2) is 17.3 Å². The second-order valence-electron chi connectivity index (χ2n) is 5.66. The van der Waals surface area contributed by atoms with Gasteiger partial charge in [-0.1, -0.05) is 19.3 Å². The van der Waals surface area contributed by atoms with Crippen molar-refractivity contribution < 1.29 is 4.74 Å². The van der Waals surface area contributed by atoms with Crippen LogP contribution in [0.1, 0.15) is 46.0 Å². The van der Waals surface area contributed by atoms with Crippen molar-refractivity contribution in [2.45, 2.75) is 51.5 Å². The summed E-state index contributed by atoms with van der Waals surface area (Å²) in [7, 11) is 0. The van der Waals surface area contributed by atoms with Crippen LogP contribution in [0.15, 0.2) is 24.3 Å². The Morgan fingerprint density at radius 3 is 2.45 bits per heavy atom. The predicted molar refractivity (Wildman–Crippen MR) is 88.5 cm³/mol. The third-order valence-corrected chi connectivity index (χ3v) is 4.00. The zero-order valence-corrected chi connectivity index (χ0v) is 13.2. The molecule has 1 aliphatic carbocycles. The summed E-state index contributed by atoms with van der Waals surface area (Å²) in [4.78, 5) is 0. The lowest BCUT2D eigenvalue weighted by atomic mass is 9.83. The molecule has 1 aromatic rings. The fourth-order valence-electron chi connectivity index (χ4n) is 2.69. The van der Waals surface area contributed by atoms with Gasteiger partial charge in [0.05, 0.1) is 6.61 Å². The minimum Gasteiger partial charge on any atom is -0.494 e. The number of anilines is 1. The number of hydrogen-bond donors (Lipinski definition) is 2. The normalized spacial score (nSPS) is 17.3. The van der Waals surface area contributed by atoms with Crippen molar-refractivity contribution in [2.75, 3.05) is 11.9 Å². The molecule has 4 heteroatoms. The molecule has 2 N–H and O–H groups in total. The highest BCUT2D eigenvalue weighted by atomic mass is 32.1. The molecule has 0 bridgehead atoms. The first-order chi connectivity index (χ1) is 9.61. The SMILES string of the molecule is CCOc1ccc(NC(=S)NC2(C)CCCCC2)cc1. The van der Waals surface area contributed by atoms with Gasteiger partial charge in [0, 0.05) is 11.2 Å². The highest BCUT2D eigenvalue weighted by Gasteiger charge is 2.27. The van der Waals surface area contributed by atoms with Crippen LogP contribution < -0.4 is 15.4 Å². The molecule has 1 aromatic carbocycles. The van der Waals surface area contributed by atoms with E-state index in [9.17, 15) is 0 Å². The van der Waals surface area contributed by atoms with Crippen molar-refractivity contribution in [1.29, 1.82) is 0 Å². The number of benzene rings is 1. The molecule has 0 spiro atoms. The van der Waals surface area contributed by atoms with Crippen LogP contribution in [0.5, 0.6) is 5.75 Å². The first-order valence-electron chi connectivity index (χ1n) is 7.43. The van der Waals surface area contributed by atoms with Gasteiger partial charge in [0.25, 0.3) is 0 Å². The van der Waals surface area contributed by atoms with Crippen molar-refractivity contribution in [1.82, 2.24) is 5.32 Å². The van der Waals surface area contributed by atoms with E-state index < -0.39 is 0 Å². The lowest BCUT2D eigenvalue weighted by molar-refractivity contribution is 0.292. The Bertz CT molecular complexity index is 438. The van der Waals surface area contributed by atoms with E-state index in [1.165, 1.54) is 32.1 Å². The Morgan fingerprint density at radius 2 is 1.85 bits per heavy atom. The molecule has 1 aliphatic rings. The van der Waals surface area contributed by atoms with E-state index in [1.807, 2.05) is 31.2 Å². The number of hydrogen-bond acceptors (Lipinski definition) is 2. The summed E-state index contributed by atoms with van der Waals surface area (Å²) in [5.74, 6) is 0.885. The quantitative estimate of drug-likeness (QED) is 0.819. The van der Waals surface area contributed by atoms with Gasteiger partial charge in [-0.2, -0.15) is 0 Å². The van der Waals surface area contributed by atoms with Crippen molar-refractivity contribution in [3.8, 4) is 5.75 Å². The third-order valence-electron chi connectivity index (χ3n) is 3.80. The molecule has 0 heterocycles. The standard InChI is InChI=1S/C16H24N2OS/c1-3-19-14-9-7-13(8-10-14)17-15(20)18-16(2)11-5-4-6-12-16/h7-10H,3-6,11-12H2,1-2H3,(H2,17,18,20). The molecular weight excluding hydrogens is 268 g/mol. The molecular formula is C16H24N2OS. The summed E-state index contributed by atoms with van der Waals surface area (Å²) in [6.07, 6.45) is 6.30. The van der Waals surface area contributed by atoms with E-state index in [1.54, 1.807) is 0 Å². The lowest BCUT2D eigenvalue weighted by Crippen LogP contribution is -2.48. The van der Waals surface area contributed by atoms with Crippen LogP contribution >= 0.6 is 12.2 Å². The molecule has 20 heavy (non-hydrogen) atoms. The van der Waals surface area contributed by atoms with E-state index in [0.29, 0.717) is 11.7 Å². The summed E-state index contributed by atoms with van der Waals surface area (Å²) in [5.41, 5.74) is 1.14. The van der Waals surface area contributed by atoms with E-state index in [4.69, 9.17) is 17.0 Å². The van der Waals surface area contributed by atoms with Gasteiger partial charge in [-0.05, 0) is 63.2 Å². The Hall–Kier alpha value is -1.29. The van der Waals surface area contributed by atoms with Gasteiger partial charge in [0.15, 0.2) is 5.11 Å². The van der Waals surface area contributed by atoms with E-state index >= 15 is 0 Å². The smallest absolute Gasteiger partial charge is 0.171 e. The molecule has 0 aliphatic heterocycles. The zero-order valence-electron chi connectivity index (χ0n) is 12.4. The van der Waals surface area contributed by atoms with Crippen molar-refractivity contribution in [2.24, 2.45) is 0 Å². The van der Waals surface area contributed by atoms with E-state index in [0.717, 1.165) is 11.4 Å². The Labute approximate surface area is 127 Å². The summed E-state index contributed by atoms with van der Waals surface area (Å²) >= 11 is 5.42. The van der Waals surface area contributed by atoms with Gasteiger partial charge in [-0.15, -0.1) is 0 Å². The highest BCUT2D eigenvalue weighted by molar-refractivity contribution is 7.80. The van der Waals surface area contributed by atoms with Crippen molar-refractivity contribution >= 4 is 23.0 Å². The fraction of sp³-hybridized carbons (Fsp3) is 0.562. The number of ether oxygens (including phenoxy) is 1. The van der Waals surface area contributed by atoms with Gasteiger partial charge in [0.2, 0.25) is 0 Å². The first-order valence-corrected chi connectivity index (χ1v) is 7.84. The monoisotopic (exact) mass is 292 g/mol. The third kappa shape index (κ3) is 4.37. The lowest BCUT2D eigenvalue weighted by Gasteiger charge is -2.35. The molecule has 2 rings (SSSR count). The molecule has 0 amide bonds. The fourth-order valence-corrected chi connectivity index (χ4v) is 3.06. The summed E-state index contributed by atoms with van der Waals surface area (Å²) in [6.45, 7) is 4.93. The molecule has 1 saturated carbocycles. The zero-order chi connectivity index (χ0) is 14.4. The van der Waals surface area contributed by atoms with Gasteiger partial charge >= 0.3 is 0 Å². The highest BCUT2D eigenvalue weighted by Crippen LogP contribution is 2.27. The van der Waals surface area contributed by atoms with Crippen LogP contribution in [0.25, 0.3) is 0 Å². The Morgan fingerprint density at radius 1 is 1.20 bits per heavy atom. The Balaban J connectivity index is 1.87. The maximum atomic E-state index is 5.43. The van der Waals surface area contributed by atoms with Crippen molar-refractivity contribution in [3.05, 3.63) is 24.3 Å². The van der Waals surface area contributed by atoms with Gasteiger partial charge in [0.1, 0.15) is 5.75 Å². The maximum absolute atomic E-state index is 5.43. The van der Waals surface area contributed by atoms with Crippen molar-refractivity contribution in [3.63, 3.8) is 0 Å². The maximum Gasteiger partial charge on any atom is 0.171 e. The van der Waals surface area contributed by atoms with Gasteiger partial charge in [-0.3, -0.25) is 0 Å². The van der Waals surface area contributed by atoms with E-state index in [2.05, 4.69) is 17.6 Å². The van der Waals surface area contributed by atoms with E-state index in [-0.39, 0.29) is 5.54 Å². The Kier molecular flexibility index (Phi) is 5.24. The average Bonchev–Trinajstić information content (AvgIpc) is 2.41. The largest absolute Gasteiger partial charge is 0.494 e. The van der Waals surface area contributed by atoms with Crippen LogP contribution in [0.2, 0.25) is 0 Å². The van der Waals surface area contributed by atoms with Crippen LogP contribution in [0.4, 0.5) is 5.69 Å². The van der Waals surface area contributed by atoms with Crippen LogP contribution in [0.3, 0.4) is 0 Å². The first kappa shape index (κ1) is 15.1. The average molecular weight is 292 g/mol. The summed E-state index contributed by atoms with van der Waals surface area (Å²) < 4.78 is 5.43. The molecule has 110 valence electrons. The molecule has 0 unspecified atom stereocenters. The van der Waals surface area contributed by atoms with Gasteiger partial charge < -0.3 is 15.4 Å². The van der Waals surface area contributed by atoms with Crippen LogP contribution in [0, 0.1) is 0 Å². The molecule has 0 aromatic heterocycles. The number of nitrogens with one attached hydrogen (secondary N) is 2. The van der Waals surface area contributed by atoms with Gasteiger partial charge in [-0.25, -0.2) is 0 Å². The molecule has 0 saturated heterocycles. The molecule has 0 radical (unpaired) electrons. The van der Waals surface area contributed by atoms with Crippen LogP contribution in [-0.2, 0) is 0 Å². The molecule has 3 nitrogen and oxygen atoms in total. The minimum absolute atomic E-state index is 0.146. The number of rotatable bonds is 4. The second kappa shape index (κ2) is 6.93. The molecule has 1 fully saturated rings. The summed E-state index contributed by atoms with van der Waals surface area (Å²) in [5, 5.41) is 7.43. The minimum atomic E-state index is 0.146.